The summed E-state index contributed by atoms with van der Waals surface area (Å²) in [5.41, 5.74) is 0. The average Bonchev–Trinajstić information content (AvgIpc) is 2.72. The van der Waals surface area contributed by atoms with E-state index in [0.29, 0.717) is 8.66 Å². The van der Waals surface area contributed by atoms with Crippen molar-refractivity contribution in [3.05, 3.63) is 14.7 Å². The molecule has 0 saturated carbocycles. The van der Waals surface area contributed by atoms with E-state index in [9.17, 15) is 8.42 Å². The molecule has 8 heteroatoms. The van der Waals surface area contributed by atoms with Gasteiger partial charge in [-0.3, -0.25) is 0 Å². The first kappa shape index (κ1) is 14.8. The van der Waals surface area contributed by atoms with Gasteiger partial charge in [-0.05, 0) is 40.6 Å². The van der Waals surface area contributed by atoms with Crippen LogP contribution in [0, 0.1) is 0 Å². The van der Waals surface area contributed by atoms with E-state index in [0.717, 1.165) is 24.3 Å². The Balaban J connectivity index is 2.16. The van der Waals surface area contributed by atoms with Crippen LogP contribution in [0.3, 0.4) is 0 Å². The van der Waals surface area contributed by atoms with Gasteiger partial charge < -0.3 is 5.11 Å². The molecule has 0 spiro atoms. The van der Waals surface area contributed by atoms with Crippen molar-refractivity contribution in [3.8, 4) is 0 Å². The Morgan fingerprint density at radius 1 is 1.56 bits per heavy atom. The topological polar surface area (TPSA) is 66.4 Å². The number of thioether (sulfide) groups is 1. The predicted molar refractivity (Wildman–Crippen MR) is 78.6 cm³/mol. The number of hydrogen-bond acceptors (Lipinski definition) is 5. The molecule has 1 fully saturated rings. The maximum atomic E-state index is 12.2. The predicted octanol–water partition coefficient (Wildman–Crippen LogP) is 2.18. The summed E-state index contributed by atoms with van der Waals surface area (Å²) in [4.78, 5) is 0.868. The van der Waals surface area contributed by atoms with Crippen molar-refractivity contribution in [3.63, 3.8) is 0 Å². The maximum Gasteiger partial charge on any atom is 0.242 e. The van der Waals surface area contributed by atoms with Crippen LogP contribution in [-0.2, 0) is 16.6 Å². The first-order chi connectivity index (χ1) is 8.53. The maximum absolute atomic E-state index is 12.2. The monoisotopic (exact) mass is 371 g/mol. The minimum atomic E-state index is -3.49. The summed E-state index contributed by atoms with van der Waals surface area (Å²) in [6.07, 6.45) is 1.94. The number of aliphatic hydroxyl groups excluding tert-OH is 1. The van der Waals surface area contributed by atoms with Crippen LogP contribution in [0.4, 0.5) is 0 Å². The number of thiophene rings is 1. The first-order valence-corrected chi connectivity index (χ1v) is 9.77. The highest BCUT2D eigenvalue weighted by molar-refractivity contribution is 9.11. The summed E-state index contributed by atoms with van der Waals surface area (Å²) in [6, 6.07) is 1.53. The van der Waals surface area contributed by atoms with E-state index in [2.05, 4.69) is 20.7 Å². The molecule has 1 atom stereocenters. The normalized spacial score (nSPS) is 21.1. The van der Waals surface area contributed by atoms with Crippen LogP contribution in [-0.4, -0.2) is 31.1 Å². The molecule has 0 aromatic carbocycles. The summed E-state index contributed by atoms with van der Waals surface area (Å²) in [6.45, 7) is -0.141. The molecule has 2 rings (SSSR count). The molecule has 1 saturated heterocycles. The van der Waals surface area contributed by atoms with E-state index in [1.807, 2.05) is 0 Å². The van der Waals surface area contributed by atoms with Crippen molar-refractivity contribution >= 4 is 49.1 Å². The summed E-state index contributed by atoms with van der Waals surface area (Å²) >= 11 is 6.26. The zero-order valence-corrected chi connectivity index (χ0v) is 13.6. The quantitative estimate of drug-likeness (QED) is 0.850. The van der Waals surface area contributed by atoms with Gasteiger partial charge in [0.05, 0.1) is 10.4 Å². The summed E-state index contributed by atoms with van der Waals surface area (Å²) < 4.78 is 27.7. The minimum Gasteiger partial charge on any atom is -0.391 e. The van der Waals surface area contributed by atoms with E-state index < -0.39 is 10.0 Å². The molecule has 2 heterocycles. The van der Waals surface area contributed by atoms with Crippen LogP contribution in [0.2, 0.25) is 0 Å². The molecule has 0 aliphatic carbocycles. The highest BCUT2D eigenvalue weighted by atomic mass is 79.9. The van der Waals surface area contributed by atoms with Crippen molar-refractivity contribution in [2.75, 3.05) is 11.5 Å². The van der Waals surface area contributed by atoms with E-state index >= 15 is 0 Å². The largest absolute Gasteiger partial charge is 0.391 e. The second kappa shape index (κ2) is 6.23. The lowest BCUT2D eigenvalue weighted by Crippen LogP contribution is -2.38. The molecule has 1 aliphatic rings. The van der Waals surface area contributed by atoms with Gasteiger partial charge in [0.25, 0.3) is 0 Å². The highest BCUT2D eigenvalue weighted by Gasteiger charge is 2.25. The minimum absolute atomic E-state index is 0.0122. The molecule has 1 aliphatic heterocycles. The highest BCUT2D eigenvalue weighted by Crippen LogP contribution is 2.32. The number of rotatable bonds is 4. The standard InChI is InChI=1S/C10H14BrNO3S3/c11-10-9(4-8(5-13)17-10)18(14,15)12-7-2-1-3-16-6-7/h4,7,12-13H,1-3,5-6H2. The van der Waals surface area contributed by atoms with Gasteiger partial charge >= 0.3 is 0 Å². The van der Waals surface area contributed by atoms with Gasteiger partial charge in [0.15, 0.2) is 0 Å². The smallest absolute Gasteiger partial charge is 0.242 e. The van der Waals surface area contributed by atoms with E-state index in [1.54, 1.807) is 11.8 Å². The number of aliphatic hydroxyl groups is 1. The van der Waals surface area contributed by atoms with Crippen molar-refractivity contribution in [1.82, 2.24) is 4.72 Å². The van der Waals surface area contributed by atoms with Gasteiger partial charge in [0, 0.05) is 16.7 Å². The van der Waals surface area contributed by atoms with Crippen LogP contribution in [0.1, 0.15) is 17.7 Å². The number of halogens is 1. The zero-order valence-electron chi connectivity index (χ0n) is 9.56. The lowest BCUT2D eigenvalue weighted by Gasteiger charge is -2.22. The number of sulfonamides is 1. The van der Waals surface area contributed by atoms with Gasteiger partial charge in [0.1, 0.15) is 4.90 Å². The Morgan fingerprint density at radius 3 is 2.89 bits per heavy atom. The van der Waals surface area contributed by atoms with Gasteiger partial charge in [-0.15, -0.1) is 11.3 Å². The molecular formula is C10H14BrNO3S3. The second-order valence-corrected chi connectivity index (χ2v) is 9.33. The summed E-state index contributed by atoms with van der Waals surface area (Å²) in [5.74, 6) is 1.93. The van der Waals surface area contributed by atoms with Crippen LogP contribution in [0.15, 0.2) is 14.7 Å². The first-order valence-electron chi connectivity index (χ1n) is 5.52. The molecule has 1 aromatic heterocycles. The van der Waals surface area contributed by atoms with Crippen LogP contribution >= 0.6 is 39.0 Å². The fourth-order valence-electron chi connectivity index (χ4n) is 1.78. The third kappa shape index (κ3) is 3.49. The van der Waals surface area contributed by atoms with Crippen molar-refractivity contribution in [2.45, 2.75) is 30.4 Å². The van der Waals surface area contributed by atoms with E-state index in [1.165, 1.54) is 17.4 Å². The zero-order chi connectivity index (χ0) is 13.2. The fourth-order valence-corrected chi connectivity index (χ4v) is 6.77. The third-order valence-electron chi connectivity index (χ3n) is 2.63. The molecule has 102 valence electrons. The van der Waals surface area contributed by atoms with Crippen molar-refractivity contribution in [2.24, 2.45) is 0 Å². The number of nitrogens with one attached hydrogen (secondary N) is 1. The van der Waals surface area contributed by atoms with Crippen molar-refractivity contribution in [1.29, 1.82) is 0 Å². The third-order valence-corrected chi connectivity index (χ3v) is 7.61. The lowest BCUT2D eigenvalue weighted by molar-refractivity contribution is 0.285. The molecule has 0 amide bonds. The van der Waals surface area contributed by atoms with E-state index in [4.69, 9.17) is 5.11 Å². The van der Waals surface area contributed by atoms with Crippen molar-refractivity contribution < 1.29 is 13.5 Å². The van der Waals surface area contributed by atoms with E-state index in [-0.39, 0.29) is 17.5 Å². The lowest BCUT2D eigenvalue weighted by atomic mass is 10.2. The molecule has 1 unspecified atom stereocenters. The SMILES string of the molecule is O=S(=O)(NC1CCCSC1)c1cc(CO)sc1Br. The van der Waals surface area contributed by atoms with Gasteiger partial charge in [-0.2, -0.15) is 11.8 Å². The Hall–Kier alpha value is 0.400. The van der Waals surface area contributed by atoms with Gasteiger partial charge in [0.2, 0.25) is 10.0 Å². The van der Waals surface area contributed by atoms with Gasteiger partial charge in [-0.1, -0.05) is 0 Å². The Bertz CT molecular complexity index is 508. The average molecular weight is 372 g/mol. The molecule has 1 aromatic rings. The second-order valence-electron chi connectivity index (χ2n) is 4.04. The molecular weight excluding hydrogens is 358 g/mol. The fraction of sp³-hybridized carbons (Fsp3) is 0.600. The Kier molecular flexibility index (Phi) is 5.13. The summed E-state index contributed by atoms with van der Waals surface area (Å²) in [5, 5.41) is 9.03. The van der Waals surface area contributed by atoms with Crippen LogP contribution < -0.4 is 4.72 Å². The molecule has 18 heavy (non-hydrogen) atoms. The Labute approximate surface area is 123 Å². The molecule has 0 radical (unpaired) electrons. The molecule has 4 nitrogen and oxygen atoms in total. The van der Waals surface area contributed by atoms with Crippen LogP contribution in [0.5, 0.6) is 0 Å². The molecule has 0 bridgehead atoms. The Morgan fingerprint density at radius 2 is 2.33 bits per heavy atom. The number of hydrogen-bond donors (Lipinski definition) is 2. The molecule has 2 N–H and O–H groups in total. The van der Waals surface area contributed by atoms with Crippen LogP contribution in [0.25, 0.3) is 0 Å². The van der Waals surface area contributed by atoms with Gasteiger partial charge in [-0.25, -0.2) is 13.1 Å². The summed E-state index contributed by atoms with van der Waals surface area (Å²) in [7, 11) is -3.49.